The Morgan fingerprint density at radius 1 is 1.23 bits per heavy atom. The van der Waals surface area contributed by atoms with Gasteiger partial charge in [-0.2, -0.15) is 0 Å². The van der Waals surface area contributed by atoms with Gasteiger partial charge in [-0.25, -0.2) is 0 Å². The maximum absolute atomic E-state index is 4.98. The molecule has 1 saturated carbocycles. The van der Waals surface area contributed by atoms with Gasteiger partial charge in [-0.15, -0.1) is 0 Å². The van der Waals surface area contributed by atoms with Crippen molar-refractivity contribution in [1.82, 2.24) is 4.98 Å². The van der Waals surface area contributed by atoms with Gasteiger partial charge in [0.05, 0.1) is 11.2 Å². The van der Waals surface area contributed by atoms with E-state index in [0.717, 1.165) is 17.9 Å². The van der Waals surface area contributed by atoms with E-state index < -0.39 is 0 Å². The molecule has 2 atom stereocenters. The second kappa shape index (κ2) is 5.49. The molecule has 2 aliphatic carbocycles. The van der Waals surface area contributed by atoms with Crippen molar-refractivity contribution in [2.24, 2.45) is 10.9 Å². The normalized spacial score (nSPS) is 23.0. The van der Waals surface area contributed by atoms with Gasteiger partial charge in [0, 0.05) is 28.8 Å². The second-order valence-electron chi connectivity index (χ2n) is 7.27. The third-order valence-corrected chi connectivity index (χ3v) is 5.25. The van der Waals surface area contributed by atoms with Crippen LogP contribution in [-0.4, -0.2) is 11.2 Å². The van der Waals surface area contributed by atoms with Crippen molar-refractivity contribution >= 4 is 22.8 Å². The molecule has 2 aliphatic rings. The van der Waals surface area contributed by atoms with Crippen LogP contribution in [-0.2, 0) is 0 Å². The van der Waals surface area contributed by atoms with Gasteiger partial charge < -0.3 is 0 Å². The number of aromatic nitrogens is 1. The lowest BCUT2D eigenvalue weighted by Gasteiger charge is -2.18. The molecule has 4 rings (SSSR count). The standard InChI is InChI=1S/C20H24N2/c1-13(2)6-5-11-21-20-16-7-3-4-8-17(16)22-19-15-10-9-14(12-15)18(19)20/h3-4,7-8,11,13-15H,5-6,9-10,12H2,1-2H3. The number of nitrogens with zero attached hydrogens (tertiary/aromatic N) is 2. The van der Waals surface area contributed by atoms with E-state index in [0.29, 0.717) is 11.8 Å². The fourth-order valence-corrected chi connectivity index (χ4v) is 4.14. The molecule has 1 heterocycles. The fraction of sp³-hybridized carbons (Fsp3) is 0.500. The number of benzene rings is 1. The number of aliphatic imine (C=N–C) groups is 1. The smallest absolute Gasteiger partial charge is 0.0772 e. The maximum Gasteiger partial charge on any atom is 0.0772 e. The van der Waals surface area contributed by atoms with Gasteiger partial charge in [0.15, 0.2) is 0 Å². The summed E-state index contributed by atoms with van der Waals surface area (Å²) in [5.41, 5.74) is 5.16. The lowest BCUT2D eigenvalue weighted by molar-refractivity contribution is 0.606. The number of hydrogen-bond acceptors (Lipinski definition) is 2. The Hall–Kier alpha value is -1.70. The molecule has 0 spiro atoms. The van der Waals surface area contributed by atoms with Crippen LogP contribution in [0.25, 0.3) is 10.9 Å². The summed E-state index contributed by atoms with van der Waals surface area (Å²) in [5, 5.41) is 1.23. The molecule has 2 nitrogen and oxygen atoms in total. The second-order valence-corrected chi connectivity index (χ2v) is 7.27. The van der Waals surface area contributed by atoms with Crippen LogP contribution in [0.1, 0.15) is 69.0 Å². The summed E-state index contributed by atoms with van der Waals surface area (Å²) in [7, 11) is 0. The van der Waals surface area contributed by atoms with Crippen LogP contribution < -0.4 is 0 Å². The highest BCUT2D eigenvalue weighted by atomic mass is 14.8. The summed E-state index contributed by atoms with van der Waals surface area (Å²) in [4.78, 5) is 9.91. The first-order chi connectivity index (χ1) is 10.7. The Morgan fingerprint density at radius 2 is 2.05 bits per heavy atom. The molecular formula is C20H24N2. The lowest BCUT2D eigenvalue weighted by atomic mass is 9.92. The van der Waals surface area contributed by atoms with E-state index in [1.54, 1.807) is 0 Å². The molecule has 1 fully saturated rings. The van der Waals surface area contributed by atoms with Gasteiger partial charge in [-0.05, 0) is 50.0 Å². The third kappa shape index (κ3) is 2.25. The average molecular weight is 292 g/mol. The van der Waals surface area contributed by atoms with Gasteiger partial charge in [-0.1, -0.05) is 32.0 Å². The zero-order valence-corrected chi connectivity index (χ0v) is 13.5. The zero-order valence-electron chi connectivity index (χ0n) is 13.5. The largest absolute Gasteiger partial charge is 0.260 e. The van der Waals surface area contributed by atoms with Crippen molar-refractivity contribution in [3.8, 4) is 0 Å². The number of hydrogen-bond donors (Lipinski definition) is 0. The molecule has 2 aromatic rings. The molecule has 22 heavy (non-hydrogen) atoms. The minimum absolute atomic E-state index is 0.689. The molecule has 0 radical (unpaired) electrons. The van der Waals surface area contributed by atoms with Crippen LogP contribution in [0, 0.1) is 5.92 Å². The Labute approximate surface area is 132 Å². The number of fused-ring (bicyclic) bond motifs is 6. The Bertz CT molecular complexity index is 730. The predicted octanol–water partition coefficient (Wildman–Crippen LogP) is 5.74. The molecule has 0 saturated heterocycles. The predicted molar refractivity (Wildman–Crippen MR) is 93.3 cm³/mol. The summed E-state index contributed by atoms with van der Waals surface area (Å²) in [6, 6.07) is 8.51. The molecule has 2 unspecified atom stereocenters. The van der Waals surface area contributed by atoms with Gasteiger partial charge in [0.25, 0.3) is 0 Å². The molecule has 1 aromatic carbocycles. The highest BCUT2D eigenvalue weighted by Crippen LogP contribution is 2.56. The monoisotopic (exact) mass is 292 g/mol. The topological polar surface area (TPSA) is 25.2 Å². The van der Waals surface area contributed by atoms with E-state index in [1.807, 2.05) is 0 Å². The molecule has 2 bridgehead atoms. The first-order valence-electron chi connectivity index (χ1n) is 8.69. The third-order valence-electron chi connectivity index (χ3n) is 5.25. The summed E-state index contributed by atoms with van der Waals surface area (Å²) in [5.74, 6) is 2.13. The van der Waals surface area contributed by atoms with Crippen LogP contribution in [0.4, 0.5) is 5.69 Å². The molecule has 114 valence electrons. The van der Waals surface area contributed by atoms with Crippen molar-refractivity contribution in [3.63, 3.8) is 0 Å². The molecule has 1 aromatic heterocycles. The lowest BCUT2D eigenvalue weighted by Crippen LogP contribution is -2.02. The van der Waals surface area contributed by atoms with Crippen LogP contribution in [0.15, 0.2) is 29.3 Å². The van der Waals surface area contributed by atoms with E-state index in [9.17, 15) is 0 Å². The Kier molecular flexibility index (Phi) is 3.48. The zero-order chi connectivity index (χ0) is 15.1. The minimum Gasteiger partial charge on any atom is -0.260 e. The SMILES string of the molecule is CC(C)CCC=Nc1c2c(nc3ccccc13)C1CCC2C1. The van der Waals surface area contributed by atoms with E-state index in [2.05, 4.69) is 44.3 Å². The highest BCUT2D eigenvalue weighted by molar-refractivity contribution is 5.94. The number of rotatable bonds is 4. The first-order valence-corrected chi connectivity index (χ1v) is 8.69. The fourth-order valence-electron chi connectivity index (χ4n) is 4.14. The summed E-state index contributed by atoms with van der Waals surface area (Å²) in [6.45, 7) is 4.54. The first kappa shape index (κ1) is 13.9. The van der Waals surface area contributed by atoms with Crippen molar-refractivity contribution in [1.29, 1.82) is 0 Å². The van der Waals surface area contributed by atoms with Gasteiger partial charge >= 0.3 is 0 Å². The van der Waals surface area contributed by atoms with Crippen molar-refractivity contribution in [2.45, 2.75) is 57.8 Å². The van der Waals surface area contributed by atoms with Crippen LogP contribution in [0.3, 0.4) is 0 Å². The Morgan fingerprint density at radius 3 is 2.91 bits per heavy atom. The molecule has 0 aliphatic heterocycles. The number of pyridine rings is 1. The van der Waals surface area contributed by atoms with Crippen LogP contribution in [0.2, 0.25) is 0 Å². The molecular weight excluding hydrogens is 268 g/mol. The van der Waals surface area contributed by atoms with Crippen molar-refractivity contribution in [2.75, 3.05) is 0 Å². The minimum atomic E-state index is 0.689. The summed E-state index contributed by atoms with van der Waals surface area (Å²) < 4.78 is 0. The summed E-state index contributed by atoms with van der Waals surface area (Å²) in [6.07, 6.45) is 8.35. The van der Waals surface area contributed by atoms with E-state index in [-0.39, 0.29) is 0 Å². The van der Waals surface area contributed by atoms with Gasteiger partial charge in [0.2, 0.25) is 0 Å². The highest BCUT2D eigenvalue weighted by Gasteiger charge is 2.40. The summed E-state index contributed by atoms with van der Waals surface area (Å²) >= 11 is 0. The molecule has 2 heteroatoms. The van der Waals surface area contributed by atoms with Gasteiger partial charge in [-0.3, -0.25) is 9.98 Å². The van der Waals surface area contributed by atoms with Gasteiger partial charge in [0.1, 0.15) is 0 Å². The van der Waals surface area contributed by atoms with Crippen LogP contribution >= 0.6 is 0 Å². The maximum atomic E-state index is 4.98. The molecule has 0 amide bonds. The average Bonchev–Trinajstić information content (AvgIpc) is 3.12. The van der Waals surface area contributed by atoms with Crippen molar-refractivity contribution in [3.05, 3.63) is 35.5 Å². The molecule has 0 N–H and O–H groups in total. The number of para-hydroxylation sites is 1. The van der Waals surface area contributed by atoms with Crippen LogP contribution in [0.5, 0.6) is 0 Å². The Balaban J connectivity index is 1.80. The van der Waals surface area contributed by atoms with E-state index in [1.165, 1.54) is 48.0 Å². The van der Waals surface area contributed by atoms with Crippen molar-refractivity contribution < 1.29 is 0 Å². The van der Waals surface area contributed by atoms with E-state index >= 15 is 0 Å². The van der Waals surface area contributed by atoms with E-state index in [4.69, 9.17) is 9.98 Å². The quantitative estimate of drug-likeness (QED) is 0.660.